The number of hydrogen-bond acceptors (Lipinski definition) is 3. The maximum atomic E-state index is 10.9. The van der Waals surface area contributed by atoms with Crippen LogP contribution in [0.4, 0.5) is 0 Å². The van der Waals surface area contributed by atoms with Crippen LogP contribution in [-0.4, -0.2) is 38.7 Å². The molecule has 7 heteroatoms. The molecule has 0 radical (unpaired) electrons. The van der Waals surface area contributed by atoms with Crippen LogP contribution in [0.15, 0.2) is 0 Å². The Balaban J connectivity index is 2.56. The van der Waals surface area contributed by atoms with Gasteiger partial charge >= 0.3 is 7.60 Å². The number of hydrogen-bond donors (Lipinski definition) is 3. The Morgan fingerprint density at radius 2 is 2.17 bits per heavy atom. The summed E-state index contributed by atoms with van der Waals surface area (Å²) in [5.74, 6) is -1.32. The molecule has 0 bridgehead atoms. The largest absolute Gasteiger partial charge is 0.326 e. The fourth-order valence-corrected chi connectivity index (χ4v) is 2.09. The third-order valence-corrected chi connectivity index (χ3v) is 2.67. The molecule has 0 saturated carbocycles. The summed E-state index contributed by atoms with van der Waals surface area (Å²) < 4.78 is 10.5. The molecule has 1 aliphatic heterocycles. The smallest absolute Gasteiger partial charge is 0.324 e. The van der Waals surface area contributed by atoms with E-state index in [9.17, 15) is 9.36 Å². The highest BCUT2D eigenvalue weighted by atomic mass is 31.2. The van der Waals surface area contributed by atoms with Crippen molar-refractivity contribution in [1.82, 2.24) is 5.06 Å². The summed E-state index contributed by atoms with van der Waals surface area (Å²) >= 11 is 0. The number of carbonyl (C=O) groups excluding carboxylic acids is 1. The van der Waals surface area contributed by atoms with Gasteiger partial charge in [0, 0.05) is 6.54 Å². The molecule has 1 aliphatic rings. The lowest BCUT2D eigenvalue weighted by atomic mass is 10.1. The van der Waals surface area contributed by atoms with Crippen molar-refractivity contribution in [2.75, 3.05) is 12.7 Å². The van der Waals surface area contributed by atoms with E-state index in [0.717, 1.165) is 0 Å². The van der Waals surface area contributed by atoms with Crippen molar-refractivity contribution >= 4 is 13.5 Å². The molecule has 1 heterocycles. The Labute approximate surface area is 68.9 Å². The third kappa shape index (κ3) is 2.28. The first-order valence-corrected chi connectivity index (χ1v) is 5.25. The fraction of sp³-hybridized carbons (Fsp3) is 0.800. The first kappa shape index (κ1) is 9.67. The average molecular weight is 195 g/mol. The van der Waals surface area contributed by atoms with Gasteiger partial charge in [0.2, 0.25) is 5.91 Å². The molecule has 1 amide bonds. The molecule has 70 valence electrons. The van der Waals surface area contributed by atoms with Gasteiger partial charge in [-0.1, -0.05) is 0 Å². The van der Waals surface area contributed by atoms with Gasteiger partial charge in [-0.05, 0) is 6.42 Å². The summed E-state index contributed by atoms with van der Waals surface area (Å²) in [7, 11) is -4.14. The van der Waals surface area contributed by atoms with E-state index in [-0.39, 0.29) is 6.54 Å². The lowest BCUT2D eigenvalue weighted by Gasteiger charge is -2.09. The van der Waals surface area contributed by atoms with Gasteiger partial charge in [-0.3, -0.25) is 14.6 Å². The Kier molecular flexibility index (Phi) is 2.53. The standard InChI is InChI=1S/C5H10NO5P/c7-5-4(1-2-6(5)8)3-12(9,10)11/h4,8H,1-3H2,(H2,9,10,11). The van der Waals surface area contributed by atoms with Crippen LogP contribution in [-0.2, 0) is 9.36 Å². The number of rotatable bonds is 2. The van der Waals surface area contributed by atoms with Crippen LogP contribution in [0.5, 0.6) is 0 Å². The third-order valence-electron chi connectivity index (χ3n) is 1.75. The molecule has 1 saturated heterocycles. The molecule has 0 aromatic rings. The van der Waals surface area contributed by atoms with Gasteiger partial charge in [-0.15, -0.1) is 0 Å². The average Bonchev–Trinajstić information content (AvgIpc) is 2.16. The molecule has 12 heavy (non-hydrogen) atoms. The molecule has 0 aromatic heterocycles. The molecule has 1 atom stereocenters. The van der Waals surface area contributed by atoms with Gasteiger partial charge in [0.25, 0.3) is 0 Å². The molecular formula is C5H10NO5P. The number of amides is 1. The van der Waals surface area contributed by atoms with E-state index in [4.69, 9.17) is 15.0 Å². The molecule has 6 nitrogen and oxygen atoms in total. The predicted molar refractivity (Wildman–Crippen MR) is 38.5 cm³/mol. The van der Waals surface area contributed by atoms with Crippen molar-refractivity contribution < 1.29 is 24.4 Å². The normalized spacial score (nSPS) is 25.1. The SMILES string of the molecule is O=C1C(CP(=O)(O)O)CCN1O. The highest BCUT2D eigenvalue weighted by Gasteiger charge is 2.35. The molecule has 0 aromatic carbocycles. The Morgan fingerprint density at radius 3 is 2.50 bits per heavy atom. The molecule has 0 aliphatic carbocycles. The van der Waals surface area contributed by atoms with E-state index in [1.165, 1.54) is 0 Å². The van der Waals surface area contributed by atoms with Gasteiger partial charge in [-0.2, -0.15) is 0 Å². The van der Waals surface area contributed by atoms with Crippen molar-refractivity contribution in [1.29, 1.82) is 0 Å². The second kappa shape index (κ2) is 3.14. The second-order valence-corrected chi connectivity index (χ2v) is 4.49. The highest BCUT2D eigenvalue weighted by Crippen LogP contribution is 2.39. The minimum atomic E-state index is -4.14. The molecule has 1 fully saturated rings. The van der Waals surface area contributed by atoms with Gasteiger partial charge in [0.05, 0.1) is 12.1 Å². The van der Waals surface area contributed by atoms with Gasteiger partial charge in [0.15, 0.2) is 0 Å². The summed E-state index contributed by atoms with van der Waals surface area (Å²) in [6, 6.07) is 0. The lowest BCUT2D eigenvalue weighted by Crippen LogP contribution is -2.24. The van der Waals surface area contributed by atoms with E-state index in [0.29, 0.717) is 11.5 Å². The Morgan fingerprint density at radius 1 is 1.58 bits per heavy atom. The van der Waals surface area contributed by atoms with Gasteiger partial charge < -0.3 is 9.79 Å². The first-order chi connectivity index (χ1) is 5.40. The van der Waals surface area contributed by atoms with Crippen LogP contribution in [0, 0.1) is 5.92 Å². The summed E-state index contributed by atoms with van der Waals surface area (Å²) in [5.41, 5.74) is 0. The zero-order valence-electron chi connectivity index (χ0n) is 6.25. The van der Waals surface area contributed by atoms with Crippen LogP contribution in [0.1, 0.15) is 6.42 Å². The molecule has 0 spiro atoms. The van der Waals surface area contributed by atoms with Crippen molar-refractivity contribution in [2.45, 2.75) is 6.42 Å². The summed E-state index contributed by atoms with van der Waals surface area (Å²) in [6.07, 6.45) is -0.163. The number of hydroxylamine groups is 2. The molecule has 1 rings (SSSR count). The van der Waals surface area contributed by atoms with E-state index in [2.05, 4.69) is 0 Å². The van der Waals surface area contributed by atoms with Crippen molar-refractivity contribution in [3.8, 4) is 0 Å². The topological polar surface area (TPSA) is 98.1 Å². The minimum absolute atomic E-state index is 0.156. The minimum Gasteiger partial charge on any atom is -0.324 e. The summed E-state index contributed by atoms with van der Waals surface area (Å²) in [5, 5.41) is 9.30. The Bertz CT molecular complexity index is 236. The van der Waals surface area contributed by atoms with Crippen LogP contribution in [0.25, 0.3) is 0 Å². The molecular weight excluding hydrogens is 185 g/mol. The van der Waals surface area contributed by atoms with Crippen LogP contribution in [0.3, 0.4) is 0 Å². The quantitative estimate of drug-likeness (QED) is 0.403. The van der Waals surface area contributed by atoms with E-state index in [1.54, 1.807) is 0 Å². The van der Waals surface area contributed by atoms with Crippen molar-refractivity contribution in [3.05, 3.63) is 0 Å². The van der Waals surface area contributed by atoms with E-state index < -0.39 is 25.6 Å². The zero-order chi connectivity index (χ0) is 9.35. The zero-order valence-corrected chi connectivity index (χ0v) is 7.15. The monoisotopic (exact) mass is 195 g/mol. The van der Waals surface area contributed by atoms with Gasteiger partial charge in [0.1, 0.15) is 0 Å². The molecule has 3 N–H and O–H groups in total. The molecule has 1 unspecified atom stereocenters. The van der Waals surface area contributed by atoms with Crippen LogP contribution in [0.2, 0.25) is 0 Å². The highest BCUT2D eigenvalue weighted by molar-refractivity contribution is 7.51. The second-order valence-electron chi connectivity index (χ2n) is 2.79. The van der Waals surface area contributed by atoms with Crippen molar-refractivity contribution in [2.24, 2.45) is 5.92 Å². The number of carbonyl (C=O) groups is 1. The summed E-state index contributed by atoms with van der Waals surface area (Å²) in [6.45, 7) is 0.156. The van der Waals surface area contributed by atoms with E-state index in [1.807, 2.05) is 0 Å². The van der Waals surface area contributed by atoms with Crippen LogP contribution < -0.4 is 0 Å². The van der Waals surface area contributed by atoms with Crippen molar-refractivity contribution in [3.63, 3.8) is 0 Å². The number of nitrogens with zero attached hydrogens (tertiary/aromatic N) is 1. The lowest BCUT2D eigenvalue weighted by molar-refractivity contribution is -0.159. The maximum Gasteiger partial charge on any atom is 0.326 e. The van der Waals surface area contributed by atoms with Gasteiger partial charge in [-0.25, -0.2) is 5.06 Å². The predicted octanol–water partition coefficient (Wildman–Crippen LogP) is -0.598. The fourth-order valence-electron chi connectivity index (χ4n) is 1.18. The Hall–Kier alpha value is -0.420. The maximum absolute atomic E-state index is 10.9. The van der Waals surface area contributed by atoms with E-state index >= 15 is 0 Å². The first-order valence-electron chi connectivity index (χ1n) is 3.45. The summed E-state index contributed by atoms with van der Waals surface area (Å²) in [4.78, 5) is 28.0. The van der Waals surface area contributed by atoms with Crippen LogP contribution >= 0.6 is 7.60 Å².